The highest BCUT2D eigenvalue weighted by Crippen LogP contribution is 2.11. The van der Waals surface area contributed by atoms with Gasteiger partial charge in [-0.1, -0.05) is 39.0 Å². The molecule has 0 aromatic carbocycles. The van der Waals surface area contributed by atoms with E-state index in [1.807, 2.05) is 12.1 Å². The normalized spacial score (nSPS) is 11.3. The van der Waals surface area contributed by atoms with Crippen LogP contribution < -0.4 is 0 Å². The molecule has 0 spiro atoms. The van der Waals surface area contributed by atoms with Crippen molar-refractivity contribution in [3.8, 4) is 12.1 Å². The standard InChI is InChI=1S/C16H29N3O2S/c1-2-3-4-5-6-11-16-22(20,21)19(14-9-7-12-17)15-10-8-13-18/h2-11,14-16H2,1H3. The number of unbranched alkanes of at least 4 members (excludes halogenated alkanes) is 7. The Labute approximate surface area is 136 Å². The second-order valence-corrected chi connectivity index (χ2v) is 7.59. The van der Waals surface area contributed by atoms with Crippen molar-refractivity contribution in [3.63, 3.8) is 0 Å². The Morgan fingerprint density at radius 3 is 1.82 bits per heavy atom. The smallest absolute Gasteiger partial charge is 0.212 e. The lowest BCUT2D eigenvalue weighted by molar-refractivity contribution is 0.400. The predicted molar refractivity (Wildman–Crippen MR) is 88.4 cm³/mol. The Balaban J connectivity index is 4.27. The lowest BCUT2D eigenvalue weighted by atomic mass is 10.1. The summed E-state index contributed by atoms with van der Waals surface area (Å²) < 4.78 is 26.2. The summed E-state index contributed by atoms with van der Waals surface area (Å²) in [6.07, 6.45) is 8.13. The molecule has 0 bridgehead atoms. The summed E-state index contributed by atoms with van der Waals surface area (Å²) in [5, 5.41) is 17.2. The summed E-state index contributed by atoms with van der Waals surface area (Å²) in [5.41, 5.74) is 0. The molecule has 22 heavy (non-hydrogen) atoms. The fourth-order valence-corrected chi connectivity index (χ4v) is 3.89. The molecule has 0 saturated heterocycles. The maximum Gasteiger partial charge on any atom is 0.214 e. The van der Waals surface area contributed by atoms with Gasteiger partial charge in [0.15, 0.2) is 0 Å². The molecule has 0 aromatic heterocycles. The molecule has 0 unspecified atom stereocenters. The van der Waals surface area contributed by atoms with E-state index in [-0.39, 0.29) is 5.75 Å². The highest BCUT2D eigenvalue weighted by molar-refractivity contribution is 7.89. The molecule has 6 heteroatoms. The first-order valence-electron chi connectivity index (χ1n) is 8.30. The van der Waals surface area contributed by atoms with Crippen LogP contribution in [0.5, 0.6) is 0 Å². The minimum absolute atomic E-state index is 0.179. The Hall–Kier alpha value is -1.11. The highest BCUT2D eigenvalue weighted by atomic mass is 32.2. The molecule has 0 N–H and O–H groups in total. The first kappa shape index (κ1) is 20.9. The summed E-state index contributed by atoms with van der Waals surface area (Å²) >= 11 is 0. The Morgan fingerprint density at radius 2 is 1.32 bits per heavy atom. The molecule has 0 atom stereocenters. The first-order chi connectivity index (χ1) is 10.6. The van der Waals surface area contributed by atoms with Gasteiger partial charge in [-0.2, -0.15) is 10.5 Å². The Morgan fingerprint density at radius 1 is 0.818 bits per heavy atom. The summed E-state index contributed by atoms with van der Waals surface area (Å²) in [6.45, 7) is 2.93. The van der Waals surface area contributed by atoms with E-state index in [4.69, 9.17) is 10.5 Å². The van der Waals surface area contributed by atoms with Crippen molar-refractivity contribution in [1.82, 2.24) is 4.31 Å². The molecule has 0 aliphatic rings. The van der Waals surface area contributed by atoms with E-state index >= 15 is 0 Å². The van der Waals surface area contributed by atoms with Gasteiger partial charge in [-0.05, 0) is 19.3 Å². The summed E-state index contributed by atoms with van der Waals surface area (Å²) in [6, 6.07) is 4.08. The Bertz CT molecular complexity index is 429. The lowest BCUT2D eigenvalue weighted by Crippen LogP contribution is -2.34. The van der Waals surface area contributed by atoms with Crippen molar-refractivity contribution in [2.45, 2.75) is 71.1 Å². The molecule has 0 radical (unpaired) electrons. The molecule has 0 amide bonds. The molecule has 0 aliphatic heterocycles. The minimum Gasteiger partial charge on any atom is -0.212 e. The zero-order valence-corrected chi connectivity index (χ0v) is 14.6. The molecule has 5 nitrogen and oxygen atoms in total. The summed E-state index contributed by atoms with van der Waals surface area (Å²) in [5.74, 6) is 0.179. The molecule has 0 heterocycles. The van der Waals surface area contributed by atoms with Gasteiger partial charge in [0.1, 0.15) is 0 Å². The van der Waals surface area contributed by atoms with Crippen LogP contribution in [0, 0.1) is 22.7 Å². The molecule has 0 fully saturated rings. The van der Waals surface area contributed by atoms with Crippen molar-refractivity contribution in [2.24, 2.45) is 0 Å². The van der Waals surface area contributed by atoms with Gasteiger partial charge in [-0.3, -0.25) is 0 Å². The van der Waals surface area contributed by atoms with E-state index < -0.39 is 10.0 Å². The number of nitrogens with zero attached hydrogens (tertiary/aromatic N) is 3. The monoisotopic (exact) mass is 327 g/mol. The largest absolute Gasteiger partial charge is 0.214 e. The second kappa shape index (κ2) is 13.5. The van der Waals surface area contributed by atoms with Gasteiger partial charge in [-0.25, -0.2) is 12.7 Å². The van der Waals surface area contributed by atoms with Crippen molar-refractivity contribution in [1.29, 1.82) is 10.5 Å². The number of sulfonamides is 1. The van der Waals surface area contributed by atoms with E-state index in [0.717, 1.165) is 12.8 Å². The van der Waals surface area contributed by atoms with Crippen molar-refractivity contribution in [2.75, 3.05) is 18.8 Å². The molecular formula is C16H29N3O2S. The maximum atomic E-state index is 12.4. The fourth-order valence-electron chi connectivity index (χ4n) is 2.25. The van der Waals surface area contributed by atoms with Crippen LogP contribution in [-0.4, -0.2) is 31.6 Å². The summed E-state index contributed by atoms with van der Waals surface area (Å²) in [4.78, 5) is 0. The third-order valence-corrected chi connectivity index (χ3v) is 5.50. The van der Waals surface area contributed by atoms with E-state index in [1.165, 1.54) is 23.6 Å². The van der Waals surface area contributed by atoms with Gasteiger partial charge in [0.2, 0.25) is 10.0 Å². The van der Waals surface area contributed by atoms with E-state index in [1.54, 1.807) is 0 Å². The zero-order valence-electron chi connectivity index (χ0n) is 13.8. The van der Waals surface area contributed by atoms with Crippen molar-refractivity contribution in [3.05, 3.63) is 0 Å². The lowest BCUT2D eigenvalue weighted by Gasteiger charge is -2.21. The third-order valence-electron chi connectivity index (χ3n) is 3.54. The average molecular weight is 327 g/mol. The van der Waals surface area contributed by atoms with Crippen LogP contribution in [0.2, 0.25) is 0 Å². The van der Waals surface area contributed by atoms with Gasteiger partial charge in [-0.15, -0.1) is 0 Å². The molecule has 0 aromatic rings. The van der Waals surface area contributed by atoms with E-state index in [2.05, 4.69) is 6.92 Å². The number of hydrogen-bond donors (Lipinski definition) is 0. The summed E-state index contributed by atoms with van der Waals surface area (Å²) in [7, 11) is -3.26. The first-order valence-corrected chi connectivity index (χ1v) is 9.91. The van der Waals surface area contributed by atoms with Crippen LogP contribution >= 0.6 is 0 Å². The Kier molecular flexibility index (Phi) is 12.9. The molecule has 0 saturated carbocycles. The molecule has 0 aliphatic carbocycles. The molecule has 0 rings (SSSR count). The predicted octanol–water partition coefficient (Wildman–Crippen LogP) is 3.59. The average Bonchev–Trinajstić information content (AvgIpc) is 2.49. The van der Waals surface area contributed by atoms with Crippen LogP contribution in [0.3, 0.4) is 0 Å². The molecule has 126 valence electrons. The highest BCUT2D eigenvalue weighted by Gasteiger charge is 2.20. The van der Waals surface area contributed by atoms with Gasteiger partial charge in [0.05, 0.1) is 17.9 Å². The van der Waals surface area contributed by atoms with E-state index in [9.17, 15) is 8.42 Å². The fraction of sp³-hybridized carbons (Fsp3) is 0.875. The van der Waals surface area contributed by atoms with Crippen LogP contribution in [0.4, 0.5) is 0 Å². The van der Waals surface area contributed by atoms with Gasteiger partial charge >= 0.3 is 0 Å². The van der Waals surface area contributed by atoms with Crippen LogP contribution in [0.15, 0.2) is 0 Å². The van der Waals surface area contributed by atoms with Gasteiger partial charge in [0, 0.05) is 25.9 Å². The van der Waals surface area contributed by atoms with Crippen molar-refractivity contribution >= 4 is 10.0 Å². The van der Waals surface area contributed by atoms with Gasteiger partial charge in [0.25, 0.3) is 0 Å². The number of nitriles is 2. The minimum atomic E-state index is -3.26. The number of hydrogen-bond acceptors (Lipinski definition) is 4. The quantitative estimate of drug-likeness (QED) is 0.456. The van der Waals surface area contributed by atoms with Gasteiger partial charge < -0.3 is 0 Å². The maximum absolute atomic E-state index is 12.4. The second-order valence-electron chi connectivity index (χ2n) is 5.51. The van der Waals surface area contributed by atoms with Crippen LogP contribution in [-0.2, 0) is 10.0 Å². The SMILES string of the molecule is CCCCCCCCS(=O)(=O)N(CCCC#N)CCCC#N. The third kappa shape index (κ3) is 10.6. The van der Waals surface area contributed by atoms with Crippen molar-refractivity contribution < 1.29 is 8.42 Å². The molecular weight excluding hydrogens is 298 g/mol. The topological polar surface area (TPSA) is 85.0 Å². The van der Waals surface area contributed by atoms with Crippen LogP contribution in [0.25, 0.3) is 0 Å². The number of rotatable bonds is 14. The van der Waals surface area contributed by atoms with E-state index in [0.29, 0.717) is 45.2 Å². The zero-order chi connectivity index (χ0) is 16.7. The van der Waals surface area contributed by atoms with Crippen LogP contribution in [0.1, 0.15) is 71.1 Å².